The van der Waals surface area contributed by atoms with Crippen LogP contribution in [0.25, 0.3) is 0 Å². The molecule has 1 aliphatic rings. The summed E-state index contributed by atoms with van der Waals surface area (Å²) in [5.74, 6) is 0.723. The van der Waals surface area contributed by atoms with Gasteiger partial charge in [0, 0.05) is 12.6 Å². The van der Waals surface area contributed by atoms with Crippen LogP contribution in [0, 0.1) is 5.92 Å². The Bertz CT molecular complexity index is 354. The molecular weight excluding hydrogens is 234 g/mol. The lowest BCUT2D eigenvalue weighted by atomic mass is 10.1. The lowest BCUT2D eigenvalue weighted by molar-refractivity contribution is 0.110. The van der Waals surface area contributed by atoms with Gasteiger partial charge in [0.1, 0.15) is 0 Å². The summed E-state index contributed by atoms with van der Waals surface area (Å²) in [7, 11) is 0. The molecule has 0 aromatic heterocycles. The first kappa shape index (κ1) is 14.5. The molecule has 2 heteroatoms. The van der Waals surface area contributed by atoms with Crippen LogP contribution < -0.4 is 5.32 Å². The van der Waals surface area contributed by atoms with Crippen LogP contribution in [0.2, 0.25) is 0 Å². The number of rotatable bonds is 9. The van der Waals surface area contributed by atoms with E-state index in [-0.39, 0.29) is 0 Å². The summed E-state index contributed by atoms with van der Waals surface area (Å²) in [6.07, 6.45) is 5.01. The molecule has 2 rings (SSSR count). The monoisotopic (exact) mass is 261 g/mol. The van der Waals surface area contributed by atoms with E-state index < -0.39 is 0 Å². The Hall–Kier alpha value is -0.860. The first-order valence-electron chi connectivity index (χ1n) is 7.63. The van der Waals surface area contributed by atoms with E-state index in [9.17, 15) is 0 Å². The molecule has 0 aliphatic heterocycles. The van der Waals surface area contributed by atoms with Gasteiger partial charge in [0.15, 0.2) is 0 Å². The summed E-state index contributed by atoms with van der Waals surface area (Å²) in [6.45, 7) is 7.18. The number of hydrogen-bond acceptors (Lipinski definition) is 2. The molecule has 1 aliphatic carbocycles. The van der Waals surface area contributed by atoms with Crippen molar-refractivity contribution < 1.29 is 4.74 Å². The Labute approximate surface area is 117 Å². The highest BCUT2D eigenvalue weighted by Crippen LogP contribution is 2.18. The Balaban J connectivity index is 1.62. The van der Waals surface area contributed by atoms with Crippen LogP contribution in [0.1, 0.15) is 44.2 Å². The number of ether oxygens (including phenoxy) is 1. The van der Waals surface area contributed by atoms with Gasteiger partial charge >= 0.3 is 0 Å². The SMILES string of the molecule is CC(C)CCOCc1ccc(CCNC2CC2)cc1. The Morgan fingerprint density at radius 1 is 1.16 bits per heavy atom. The number of benzene rings is 1. The molecule has 1 N–H and O–H groups in total. The van der Waals surface area contributed by atoms with Gasteiger partial charge in [-0.05, 0) is 49.3 Å². The third-order valence-electron chi connectivity index (χ3n) is 3.56. The molecule has 2 nitrogen and oxygen atoms in total. The highest BCUT2D eigenvalue weighted by atomic mass is 16.5. The van der Waals surface area contributed by atoms with Crippen molar-refractivity contribution in [1.82, 2.24) is 5.32 Å². The average molecular weight is 261 g/mol. The second-order valence-corrected chi connectivity index (χ2v) is 6.03. The maximum atomic E-state index is 5.68. The van der Waals surface area contributed by atoms with Gasteiger partial charge in [-0.2, -0.15) is 0 Å². The zero-order chi connectivity index (χ0) is 13.5. The van der Waals surface area contributed by atoms with Crippen LogP contribution in [0.3, 0.4) is 0 Å². The van der Waals surface area contributed by atoms with E-state index >= 15 is 0 Å². The first-order valence-corrected chi connectivity index (χ1v) is 7.63. The fourth-order valence-corrected chi connectivity index (χ4v) is 2.02. The third-order valence-corrected chi connectivity index (χ3v) is 3.56. The van der Waals surface area contributed by atoms with Gasteiger partial charge in [-0.3, -0.25) is 0 Å². The van der Waals surface area contributed by atoms with Crippen molar-refractivity contribution in [2.45, 2.75) is 52.2 Å². The van der Waals surface area contributed by atoms with Gasteiger partial charge < -0.3 is 10.1 Å². The topological polar surface area (TPSA) is 21.3 Å². The van der Waals surface area contributed by atoms with Crippen molar-refractivity contribution in [3.8, 4) is 0 Å². The van der Waals surface area contributed by atoms with Gasteiger partial charge in [0.05, 0.1) is 6.61 Å². The Kier molecular flexibility index (Phi) is 5.87. The molecular formula is C17H27NO. The zero-order valence-corrected chi connectivity index (χ0v) is 12.3. The molecule has 0 bridgehead atoms. The van der Waals surface area contributed by atoms with Gasteiger partial charge in [-0.25, -0.2) is 0 Å². The predicted molar refractivity (Wildman–Crippen MR) is 80.3 cm³/mol. The van der Waals surface area contributed by atoms with Crippen LogP contribution in [0.5, 0.6) is 0 Å². The van der Waals surface area contributed by atoms with Crippen LogP contribution in [0.4, 0.5) is 0 Å². The number of nitrogens with one attached hydrogen (secondary N) is 1. The van der Waals surface area contributed by atoms with Crippen molar-refractivity contribution >= 4 is 0 Å². The van der Waals surface area contributed by atoms with E-state index in [0.29, 0.717) is 0 Å². The van der Waals surface area contributed by atoms with Crippen molar-refractivity contribution in [3.63, 3.8) is 0 Å². The molecule has 0 heterocycles. The summed E-state index contributed by atoms with van der Waals surface area (Å²) >= 11 is 0. The molecule has 0 amide bonds. The van der Waals surface area contributed by atoms with Crippen molar-refractivity contribution in [2.24, 2.45) is 5.92 Å². The van der Waals surface area contributed by atoms with E-state index in [0.717, 1.165) is 44.6 Å². The molecule has 1 fully saturated rings. The van der Waals surface area contributed by atoms with Crippen LogP contribution in [-0.2, 0) is 17.8 Å². The van der Waals surface area contributed by atoms with E-state index in [2.05, 4.69) is 43.4 Å². The molecule has 1 aromatic rings. The fraction of sp³-hybridized carbons (Fsp3) is 0.647. The normalized spacial score (nSPS) is 15.1. The molecule has 1 aromatic carbocycles. The molecule has 106 valence electrons. The molecule has 0 radical (unpaired) electrons. The number of hydrogen-bond donors (Lipinski definition) is 1. The second-order valence-electron chi connectivity index (χ2n) is 6.03. The third kappa shape index (κ3) is 6.22. The van der Waals surface area contributed by atoms with Gasteiger partial charge in [0.25, 0.3) is 0 Å². The van der Waals surface area contributed by atoms with Gasteiger partial charge in [0.2, 0.25) is 0 Å². The summed E-state index contributed by atoms with van der Waals surface area (Å²) in [5.41, 5.74) is 2.70. The maximum Gasteiger partial charge on any atom is 0.0716 e. The van der Waals surface area contributed by atoms with E-state index in [1.807, 2.05) is 0 Å². The second kappa shape index (κ2) is 7.66. The molecule has 0 saturated heterocycles. The van der Waals surface area contributed by atoms with E-state index in [4.69, 9.17) is 4.74 Å². The summed E-state index contributed by atoms with van der Waals surface area (Å²) < 4.78 is 5.68. The van der Waals surface area contributed by atoms with Gasteiger partial charge in [-0.1, -0.05) is 38.1 Å². The largest absolute Gasteiger partial charge is 0.377 e. The molecule has 0 atom stereocenters. The molecule has 1 saturated carbocycles. The van der Waals surface area contributed by atoms with Crippen LogP contribution >= 0.6 is 0 Å². The summed E-state index contributed by atoms with van der Waals surface area (Å²) in [6, 6.07) is 9.67. The summed E-state index contributed by atoms with van der Waals surface area (Å²) in [4.78, 5) is 0. The fourth-order valence-electron chi connectivity index (χ4n) is 2.02. The van der Waals surface area contributed by atoms with Crippen LogP contribution in [0.15, 0.2) is 24.3 Å². The molecule has 0 spiro atoms. The molecule has 19 heavy (non-hydrogen) atoms. The first-order chi connectivity index (χ1) is 9.24. The lowest BCUT2D eigenvalue weighted by Gasteiger charge is -2.08. The Morgan fingerprint density at radius 2 is 1.84 bits per heavy atom. The minimum Gasteiger partial charge on any atom is -0.377 e. The van der Waals surface area contributed by atoms with Crippen molar-refractivity contribution in [1.29, 1.82) is 0 Å². The van der Waals surface area contributed by atoms with Crippen molar-refractivity contribution in [2.75, 3.05) is 13.2 Å². The maximum absolute atomic E-state index is 5.68. The highest BCUT2D eigenvalue weighted by molar-refractivity contribution is 5.22. The van der Waals surface area contributed by atoms with Crippen LogP contribution in [-0.4, -0.2) is 19.2 Å². The average Bonchev–Trinajstić information content (AvgIpc) is 3.20. The standard InChI is InChI=1S/C17H27NO/c1-14(2)10-12-19-13-16-5-3-15(4-6-16)9-11-18-17-7-8-17/h3-6,14,17-18H,7-13H2,1-2H3. The minimum absolute atomic E-state index is 0.723. The van der Waals surface area contributed by atoms with Crippen molar-refractivity contribution in [3.05, 3.63) is 35.4 Å². The smallest absolute Gasteiger partial charge is 0.0716 e. The van der Waals surface area contributed by atoms with E-state index in [1.165, 1.54) is 24.0 Å². The minimum atomic E-state index is 0.723. The van der Waals surface area contributed by atoms with E-state index in [1.54, 1.807) is 0 Å². The molecule has 0 unspecified atom stereocenters. The Morgan fingerprint density at radius 3 is 2.47 bits per heavy atom. The van der Waals surface area contributed by atoms with Gasteiger partial charge in [-0.15, -0.1) is 0 Å². The lowest BCUT2D eigenvalue weighted by Crippen LogP contribution is -2.19. The highest BCUT2D eigenvalue weighted by Gasteiger charge is 2.19. The summed E-state index contributed by atoms with van der Waals surface area (Å²) in [5, 5.41) is 3.55. The zero-order valence-electron chi connectivity index (χ0n) is 12.3. The predicted octanol–water partition coefficient (Wildman–Crippen LogP) is 3.54. The quantitative estimate of drug-likeness (QED) is 0.686.